The molecule has 17 heavy (non-hydrogen) atoms. The maximum atomic E-state index is 12.1. The van der Waals surface area contributed by atoms with Gasteiger partial charge in [0.2, 0.25) is 0 Å². The number of likely N-dealkylation sites (tertiary alicyclic amines) is 1. The number of aromatic nitrogens is 2. The molecule has 0 saturated carbocycles. The van der Waals surface area contributed by atoms with Crippen LogP contribution < -0.4 is 0 Å². The fourth-order valence-corrected chi connectivity index (χ4v) is 2.50. The first-order valence-electron chi connectivity index (χ1n) is 5.29. The average molecular weight is 255 g/mol. The standard InChI is InChI=1S/C10H13N3O3S/c1-6-8(17-12-11-6)9(14)13-4-3-7(5-13)10(15)16-2/h7H,3-5H2,1-2H3. The van der Waals surface area contributed by atoms with Gasteiger partial charge in [0, 0.05) is 13.1 Å². The fraction of sp³-hybridized carbons (Fsp3) is 0.600. The molecular formula is C10H13N3O3S. The summed E-state index contributed by atoms with van der Waals surface area (Å²) in [5.41, 5.74) is 0.640. The van der Waals surface area contributed by atoms with Crippen LogP contribution in [0.2, 0.25) is 0 Å². The highest BCUT2D eigenvalue weighted by molar-refractivity contribution is 7.07. The number of hydrogen-bond acceptors (Lipinski definition) is 6. The maximum Gasteiger partial charge on any atom is 0.310 e. The normalized spacial score (nSPS) is 19.4. The lowest BCUT2D eigenvalue weighted by atomic mass is 10.1. The summed E-state index contributed by atoms with van der Waals surface area (Å²) >= 11 is 1.09. The Morgan fingerprint density at radius 3 is 2.88 bits per heavy atom. The van der Waals surface area contributed by atoms with Crippen molar-refractivity contribution in [2.45, 2.75) is 13.3 Å². The second kappa shape index (κ2) is 4.79. The van der Waals surface area contributed by atoms with Crippen molar-refractivity contribution < 1.29 is 14.3 Å². The van der Waals surface area contributed by atoms with Gasteiger partial charge in [0.15, 0.2) is 0 Å². The molecule has 0 spiro atoms. The SMILES string of the molecule is COC(=O)C1CCN(C(=O)c2snnc2C)C1. The molecule has 2 rings (SSSR count). The molecule has 1 aliphatic rings. The summed E-state index contributed by atoms with van der Waals surface area (Å²) in [7, 11) is 1.37. The van der Waals surface area contributed by atoms with Crippen LogP contribution in [0.3, 0.4) is 0 Å². The van der Waals surface area contributed by atoms with E-state index in [0.29, 0.717) is 30.1 Å². The van der Waals surface area contributed by atoms with E-state index < -0.39 is 0 Å². The number of carbonyl (C=O) groups is 2. The van der Waals surface area contributed by atoms with Crippen LogP contribution >= 0.6 is 11.5 Å². The van der Waals surface area contributed by atoms with Crippen molar-refractivity contribution in [2.24, 2.45) is 5.92 Å². The zero-order chi connectivity index (χ0) is 12.4. The number of carbonyl (C=O) groups excluding carboxylic acids is 2. The van der Waals surface area contributed by atoms with E-state index in [9.17, 15) is 9.59 Å². The lowest BCUT2D eigenvalue weighted by molar-refractivity contribution is -0.144. The van der Waals surface area contributed by atoms with Crippen molar-refractivity contribution in [1.82, 2.24) is 14.5 Å². The van der Waals surface area contributed by atoms with E-state index in [0.717, 1.165) is 11.5 Å². The minimum Gasteiger partial charge on any atom is -0.469 e. The van der Waals surface area contributed by atoms with Gasteiger partial charge in [-0.2, -0.15) is 0 Å². The first-order chi connectivity index (χ1) is 8.13. The Bertz CT molecular complexity index is 446. The number of nitrogens with zero attached hydrogens (tertiary/aromatic N) is 3. The zero-order valence-corrected chi connectivity index (χ0v) is 10.5. The number of esters is 1. The molecule has 1 fully saturated rings. The van der Waals surface area contributed by atoms with E-state index in [1.165, 1.54) is 7.11 Å². The van der Waals surface area contributed by atoms with E-state index in [1.807, 2.05) is 0 Å². The molecule has 6 nitrogen and oxygen atoms in total. The number of hydrogen-bond donors (Lipinski definition) is 0. The van der Waals surface area contributed by atoms with Crippen LogP contribution in [-0.2, 0) is 9.53 Å². The molecule has 0 radical (unpaired) electrons. The van der Waals surface area contributed by atoms with E-state index in [4.69, 9.17) is 0 Å². The van der Waals surface area contributed by atoms with Crippen LogP contribution in [0, 0.1) is 12.8 Å². The Balaban J connectivity index is 2.04. The molecule has 1 atom stereocenters. The molecule has 1 amide bonds. The van der Waals surface area contributed by atoms with Crippen molar-refractivity contribution in [3.8, 4) is 0 Å². The maximum absolute atomic E-state index is 12.1. The van der Waals surface area contributed by atoms with Gasteiger partial charge < -0.3 is 9.64 Å². The van der Waals surface area contributed by atoms with Crippen LogP contribution in [-0.4, -0.2) is 46.6 Å². The van der Waals surface area contributed by atoms with E-state index in [1.54, 1.807) is 11.8 Å². The molecule has 1 aliphatic heterocycles. The molecular weight excluding hydrogens is 242 g/mol. The molecule has 1 saturated heterocycles. The number of amides is 1. The highest BCUT2D eigenvalue weighted by Gasteiger charge is 2.33. The minimum absolute atomic E-state index is 0.0936. The van der Waals surface area contributed by atoms with Gasteiger partial charge in [-0.3, -0.25) is 9.59 Å². The molecule has 0 bridgehead atoms. The monoisotopic (exact) mass is 255 g/mol. The molecule has 1 aromatic rings. The fourth-order valence-electron chi connectivity index (χ4n) is 1.88. The predicted octanol–water partition coefficient (Wildman–Crippen LogP) is 0.482. The smallest absolute Gasteiger partial charge is 0.310 e. The number of aryl methyl sites for hydroxylation is 1. The molecule has 1 aromatic heterocycles. The van der Waals surface area contributed by atoms with Gasteiger partial charge >= 0.3 is 5.97 Å². The van der Waals surface area contributed by atoms with Crippen LogP contribution in [0.15, 0.2) is 0 Å². The third-order valence-electron chi connectivity index (χ3n) is 2.86. The summed E-state index contributed by atoms with van der Waals surface area (Å²) in [6.07, 6.45) is 0.656. The minimum atomic E-state index is -0.251. The summed E-state index contributed by atoms with van der Waals surface area (Å²) in [5, 5.41) is 3.81. The highest BCUT2D eigenvalue weighted by Crippen LogP contribution is 2.21. The van der Waals surface area contributed by atoms with Gasteiger partial charge in [0.1, 0.15) is 4.88 Å². The van der Waals surface area contributed by atoms with Crippen molar-refractivity contribution in [3.05, 3.63) is 10.6 Å². The quantitative estimate of drug-likeness (QED) is 0.719. The Labute approximate surface area is 103 Å². The zero-order valence-electron chi connectivity index (χ0n) is 9.67. The topological polar surface area (TPSA) is 72.4 Å². The van der Waals surface area contributed by atoms with Crippen LogP contribution in [0.4, 0.5) is 0 Å². The van der Waals surface area contributed by atoms with Gasteiger partial charge in [-0.25, -0.2) is 0 Å². The van der Waals surface area contributed by atoms with Crippen molar-refractivity contribution in [2.75, 3.05) is 20.2 Å². The summed E-state index contributed by atoms with van der Waals surface area (Å²) in [4.78, 5) is 25.7. The lowest BCUT2D eigenvalue weighted by Crippen LogP contribution is -2.30. The first kappa shape index (κ1) is 12.0. The summed E-state index contributed by atoms with van der Waals surface area (Å²) in [6.45, 7) is 2.75. The second-order valence-electron chi connectivity index (χ2n) is 3.95. The molecule has 2 heterocycles. The second-order valence-corrected chi connectivity index (χ2v) is 4.70. The van der Waals surface area contributed by atoms with Gasteiger partial charge in [0.25, 0.3) is 5.91 Å². The van der Waals surface area contributed by atoms with Gasteiger partial charge in [-0.05, 0) is 24.9 Å². The van der Waals surface area contributed by atoms with Gasteiger partial charge in [-0.15, -0.1) is 5.10 Å². The van der Waals surface area contributed by atoms with Gasteiger partial charge in [0.05, 0.1) is 18.7 Å². The third-order valence-corrected chi connectivity index (χ3v) is 3.67. The van der Waals surface area contributed by atoms with Crippen molar-refractivity contribution >= 4 is 23.4 Å². The molecule has 0 aliphatic carbocycles. The highest BCUT2D eigenvalue weighted by atomic mass is 32.1. The predicted molar refractivity (Wildman–Crippen MR) is 60.7 cm³/mol. The largest absolute Gasteiger partial charge is 0.469 e. The Morgan fingerprint density at radius 1 is 1.53 bits per heavy atom. The number of ether oxygens (including phenoxy) is 1. The number of methoxy groups -OCH3 is 1. The molecule has 7 heteroatoms. The van der Waals surface area contributed by atoms with Crippen LogP contribution in [0.1, 0.15) is 21.8 Å². The number of rotatable bonds is 2. The van der Waals surface area contributed by atoms with Crippen molar-refractivity contribution in [3.63, 3.8) is 0 Å². The van der Waals surface area contributed by atoms with E-state index in [2.05, 4.69) is 14.3 Å². The first-order valence-corrected chi connectivity index (χ1v) is 6.07. The lowest BCUT2D eigenvalue weighted by Gasteiger charge is -2.14. The Kier molecular flexibility index (Phi) is 3.37. The van der Waals surface area contributed by atoms with E-state index in [-0.39, 0.29) is 17.8 Å². The van der Waals surface area contributed by atoms with Crippen molar-refractivity contribution in [1.29, 1.82) is 0 Å². The molecule has 0 aromatic carbocycles. The summed E-state index contributed by atoms with van der Waals surface area (Å²) < 4.78 is 8.41. The Hall–Kier alpha value is -1.50. The summed E-state index contributed by atoms with van der Waals surface area (Å²) in [6, 6.07) is 0. The molecule has 92 valence electrons. The van der Waals surface area contributed by atoms with Crippen LogP contribution in [0.25, 0.3) is 0 Å². The summed E-state index contributed by atoms with van der Waals surface area (Å²) in [5.74, 6) is -0.548. The van der Waals surface area contributed by atoms with Gasteiger partial charge in [-0.1, -0.05) is 4.49 Å². The average Bonchev–Trinajstić information content (AvgIpc) is 2.95. The van der Waals surface area contributed by atoms with E-state index >= 15 is 0 Å². The Morgan fingerprint density at radius 2 is 2.29 bits per heavy atom. The molecule has 0 N–H and O–H groups in total. The van der Waals surface area contributed by atoms with Crippen LogP contribution in [0.5, 0.6) is 0 Å². The molecule has 1 unspecified atom stereocenters. The third kappa shape index (κ3) is 2.28.